The van der Waals surface area contributed by atoms with Gasteiger partial charge in [-0.2, -0.15) is 0 Å². The van der Waals surface area contributed by atoms with Gasteiger partial charge in [-0.1, -0.05) is 12.7 Å². The minimum Gasteiger partial charge on any atom is -0.499 e. The van der Waals surface area contributed by atoms with Crippen LogP contribution in [-0.4, -0.2) is 13.7 Å². The molecule has 2 heteroatoms. The monoisotopic (exact) mass is 127 g/mol. The van der Waals surface area contributed by atoms with Crippen molar-refractivity contribution in [3.63, 3.8) is 0 Å². The summed E-state index contributed by atoms with van der Waals surface area (Å²) >= 11 is 0. The van der Waals surface area contributed by atoms with Gasteiger partial charge in [0.2, 0.25) is 0 Å². The number of ether oxygens (including phenoxy) is 1. The maximum absolute atomic E-state index is 5.33. The molecule has 9 heavy (non-hydrogen) atoms. The molecule has 0 rings (SSSR count). The molecular formula is C7H13NO. The molecule has 0 amide bonds. The predicted octanol–water partition coefficient (Wildman–Crippen LogP) is 1.05. The summed E-state index contributed by atoms with van der Waals surface area (Å²) in [4.78, 5) is 0. The van der Waals surface area contributed by atoms with E-state index in [2.05, 4.69) is 6.58 Å². The third-order valence-electron chi connectivity index (χ3n) is 1.18. The van der Waals surface area contributed by atoms with Crippen LogP contribution in [0.4, 0.5) is 0 Å². The van der Waals surface area contributed by atoms with Crippen LogP contribution in [0.25, 0.3) is 0 Å². The highest BCUT2D eigenvalue weighted by Gasteiger charge is 1.93. The molecule has 0 aromatic heterocycles. The van der Waals surface area contributed by atoms with E-state index in [0.717, 1.165) is 11.3 Å². The van der Waals surface area contributed by atoms with Crippen LogP contribution in [0.15, 0.2) is 24.0 Å². The molecule has 0 spiro atoms. The van der Waals surface area contributed by atoms with Crippen LogP contribution in [-0.2, 0) is 4.74 Å². The van der Waals surface area contributed by atoms with Gasteiger partial charge in [-0.05, 0) is 12.5 Å². The fourth-order valence-corrected chi connectivity index (χ4v) is 0.519. The first kappa shape index (κ1) is 8.24. The second kappa shape index (κ2) is 4.15. The summed E-state index contributed by atoms with van der Waals surface area (Å²) in [6.45, 7) is 5.94. The van der Waals surface area contributed by atoms with E-state index < -0.39 is 0 Å². The van der Waals surface area contributed by atoms with Gasteiger partial charge >= 0.3 is 0 Å². The Morgan fingerprint density at radius 3 is 2.44 bits per heavy atom. The molecule has 0 unspecified atom stereocenters. The summed E-state index contributed by atoms with van der Waals surface area (Å²) in [5.74, 6) is 0.796. The minimum absolute atomic E-state index is 0.439. The zero-order valence-electron chi connectivity index (χ0n) is 5.98. The second-order valence-electron chi connectivity index (χ2n) is 1.72. The average molecular weight is 127 g/mol. The minimum atomic E-state index is 0.439. The van der Waals surface area contributed by atoms with Crippen molar-refractivity contribution in [3.05, 3.63) is 24.0 Å². The Morgan fingerprint density at radius 1 is 1.78 bits per heavy atom. The van der Waals surface area contributed by atoms with E-state index in [4.69, 9.17) is 10.5 Å². The van der Waals surface area contributed by atoms with E-state index in [0.29, 0.717) is 6.54 Å². The van der Waals surface area contributed by atoms with Crippen molar-refractivity contribution in [2.45, 2.75) is 6.92 Å². The first-order chi connectivity index (χ1) is 4.26. The number of nitrogens with two attached hydrogens (primary N) is 1. The van der Waals surface area contributed by atoms with Gasteiger partial charge in [0.25, 0.3) is 0 Å². The molecule has 0 fully saturated rings. The van der Waals surface area contributed by atoms with Crippen LogP contribution in [0, 0.1) is 0 Å². The molecule has 0 heterocycles. The molecule has 0 aliphatic carbocycles. The highest BCUT2D eigenvalue weighted by Crippen LogP contribution is 2.02. The number of allylic oxidation sites excluding steroid dienone is 2. The topological polar surface area (TPSA) is 35.2 Å². The number of methoxy groups -OCH3 is 1. The number of hydrogen-bond acceptors (Lipinski definition) is 2. The molecule has 0 aromatic carbocycles. The number of hydrogen-bond donors (Lipinski definition) is 1. The Bertz CT molecular complexity index is 121. The molecule has 2 nitrogen and oxygen atoms in total. The van der Waals surface area contributed by atoms with E-state index in [1.165, 1.54) is 0 Å². The van der Waals surface area contributed by atoms with Crippen molar-refractivity contribution < 1.29 is 4.74 Å². The summed E-state index contributed by atoms with van der Waals surface area (Å²) in [6.07, 6.45) is 1.73. The van der Waals surface area contributed by atoms with Crippen molar-refractivity contribution in [3.8, 4) is 0 Å². The van der Waals surface area contributed by atoms with E-state index in [9.17, 15) is 0 Å². The highest BCUT2D eigenvalue weighted by atomic mass is 16.5. The lowest BCUT2D eigenvalue weighted by Gasteiger charge is -2.03. The second-order valence-corrected chi connectivity index (χ2v) is 1.72. The zero-order chi connectivity index (χ0) is 7.28. The van der Waals surface area contributed by atoms with Gasteiger partial charge in [0, 0.05) is 0 Å². The predicted molar refractivity (Wildman–Crippen MR) is 39.0 cm³/mol. The Balaban J connectivity index is 4.17. The third-order valence-corrected chi connectivity index (χ3v) is 1.18. The van der Waals surface area contributed by atoms with Crippen molar-refractivity contribution in [2.75, 3.05) is 13.7 Å². The van der Waals surface area contributed by atoms with E-state index in [-0.39, 0.29) is 0 Å². The van der Waals surface area contributed by atoms with Gasteiger partial charge in [-0.3, -0.25) is 0 Å². The van der Waals surface area contributed by atoms with Crippen molar-refractivity contribution >= 4 is 0 Å². The van der Waals surface area contributed by atoms with Gasteiger partial charge in [0.15, 0.2) is 0 Å². The number of rotatable bonds is 3. The fraction of sp³-hybridized carbons (Fsp3) is 0.429. The summed E-state index contributed by atoms with van der Waals surface area (Å²) in [5, 5.41) is 0. The van der Waals surface area contributed by atoms with Crippen molar-refractivity contribution in [1.29, 1.82) is 0 Å². The van der Waals surface area contributed by atoms with E-state index in [1.807, 2.05) is 6.92 Å². The van der Waals surface area contributed by atoms with Crippen LogP contribution in [0.5, 0.6) is 0 Å². The van der Waals surface area contributed by atoms with Gasteiger partial charge in [0.1, 0.15) is 5.76 Å². The van der Waals surface area contributed by atoms with Gasteiger partial charge in [-0.15, -0.1) is 0 Å². The van der Waals surface area contributed by atoms with E-state index >= 15 is 0 Å². The Kier molecular flexibility index (Phi) is 3.80. The maximum Gasteiger partial charge on any atom is 0.112 e. The standard InChI is InChI=1S/C7H13NO/c1-4-6(2)7(5-8)9-3/h4H,1,5,8H2,2-3H3/b7-6-. The first-order valence-corrected chi connectivity index (χ1v) is 2.82. The van der Waals surface area contributed by atoms with Crippen LogP contribution < -0.4 is 5.73 Å². The molecule has 0 atom stereocenters. The van der Waals surface area contributed by atoms with Crippen LogP contribution in [0.3, 0.4) is 0 Å². The molecule has 0 aliphatic heterocycles. The van der Waals surface area contributed by atoms with Gasteiger partial charge < -0.3 is 10.5 Å². The Labute approximate surface area is 56.0 Å². The molecule has 0 aromatic rings. The van der Waals surface area contributed by atoms with Crippen molar-refractivity contribution in [2.24, 2.45) is 5.73 Å². The van der Waals surface area contributed by atoms with Crippen molar-refractivity contribution in [1.82, 2.24) is 0 Å². The summed E-state index contributed by atoms with van der Waals surface area (Å²) < 4.78 is 4.94. The van der Waals surface area contributed by atoms with Crippen LogP contribution in [0.1, 0.15) is 6.92 Å². The Morgan fingerprint density at radius 2 is 2.33 bits per heavy atom. The lowest BCUT2D eigenvalue weighted by molar-refractivity contribution is 0.283. The van der Waals surface area contributed by atoms with Crippen LogP contribution >= 0.6 is 0 Å². The molecule has 0 saturated carbocycles. The molecule has 2 N–H and O–H groups in total. The molecule has 52 valence electrons. The highest BCUT2D eigenvalue weighted by molar-refractivity contribution is 5.18. The quantitative estimate of drug-likeness (QED) is 0.454. The van der Waals surface area contributed by atoms with Gasteiger partial charge in [0.05, 0.1) is 13.7 Å². The molecular weight excluding hydrogens is 114 g/mol. The summed E-state index contributed by atoms with van der Waals surface area (Å²) in [6, 6.07) is 0. The maximum atomic E-state index is 5.33. The van der Waals surface area contributed by atoms with E-state index in [1.54, 1.807) is 13.2 Å². The molecule has 0 saturated heterocycles. The zero-order valence-corrected chi connectivity index (χ0v) is 5.98. The Hall–Kier alpha value is -0.760. The smallest absolute Gasteiger partial charge is 0.112 e. The third kappa shape index (κ3) is 2.33. The largest absolute Gasteiger partial charge is 0.499 e. The average Bonchev–Trinajstić information content (AvgIpc) is 1.90. The lowest BCUT2D eigenvalue weighted by atomic mass is 10.2. The normalized spacial score (nSPS) is 12.3. The van der Waals surface area contributed by atoms with Gasteiger partial charge in [-0.25, -0.2) is 0 Å². The lowest BCUT2D eigenvalue weighted by Crippen LogP contribution is -2.06. The molecule has 0 radical (unpaired) electrons. The first-order valence-electron chi connectivity index (χ1n) is 2.82. The fourth-order valence-electron chi connectivity index (χ4n) is 0.519. The van der Waals surface area contributed by atoms with Crippen LogP contribution in [0.2, 0.25) is 0 Å². The SMILES string of the molecule is C=C/C(C)=C(/CN)OC. The molecule has 0 aliphatic rings. The molecule has 0 bridgehead atoms. The summed E-state index contributed by atoms with van der Waals surface area (Å²) in [7, 11) is 1.61. The summed E-state index contributed by atoms with van der Waals surface area (Å²) in [5.41, 5.74) is 6.33.